The summed E-state index contributed by atoms with van der Waals surface area (Å²) in [6, 6.07) is -0.0187. The van der Waals surface area contributed by atoms with Gasteiger partial charge in [0.1, 0.15) is 0 Å². The number of hydroxylamine groups is 1. The summed E-state index contributed by atoms with van der Waals surface area (Å²) in [7, 11) is 0. The summed E-state index contributed by atoms with van der Waals surface area (Å²) in [5.74, 6) is -0.0220. The van der Waals surface area contributed by atoms with Gasteiger partial charge in [-0.15, -0.1) is 0 Å². The maximum absolute atomic E-state index is 11.7. The van der Waals surface area contributed by atoms with Crippen LogP contribution in [-0.4, -0.2) is 22.2 Å². The average Bonchev–Trinajstić information content (AvgIpc) is 3.04. The van der Waals surface area contributed by atoms with Crippen molar-refractivity contribution < 1.29 is 14.4 Å². The Balaban J connectivity index is 2.05. The molecule has 1 fully saturated rings. The van der Waals surface area contributed by atoms with Gasteiger partial charge in [-0.1, -0.05) is 12.8 Å². The van der Waals surface area contributed by atoms with E-state index in [4.69, 9.17) is 0 Å². The molecule has 6 nitrogen and oxygen atoms in total. The van der Waals surface area contributed by atoms with Crippen molar-refractivity contribution in [3.63, 3.8) is 0 Å². The molecular formula is C12H16BrN3O3. The number of amides is 1. The van der Waals surface area contributed by atoms with Gasteiger partial charge < -0.3 is 4.84 Å². The molecule has 0 spiro atoms. The number of rotatable bonds is 6. The summed E-state index contributed by atoms with van der Waals surface area (Å²) >= 11 is 3.36. The Kier molecular flexibility index (Phi) is 4.95. The van der Waals surface area contributed by atoms with Crippen LogP contribution in [0.1, 0.15) is 38.1 Å². The summed E-state index contributed by atoms with van der Waals surface area (Å²) in [5, 5.41) is 4.27. The summed E-state index contributed by atoms with van der Waals surface area (Å²) in [6.45, 7) is 0. The van der Waals surface area contributed by atoms with Crippen molar-refractivity contribution in [1.82, 2.24) is 15.3 Å². The number of nitrogens with zero attached hydrogens (tertiary/aromatic N) is 2. The SMILES string of the molecule is O=CNOC(=O)C[C@H](C1CCCC1)n1cc(Br)cn1. The highest BCUT2D eigenvalue weighted by Crippen LogP contribution is 2.36. The lowest BCUT2D eigenvalue weighted by atomic mass is 9.95. The van der Waals surface area contributed by atoms with Gasteiger partial charge >= 0.3 is 5.97 Å². The van der Waals surface area contributed by atoms with E-state index < -0.39 is 5.97 Å². The fraction of sp³-hybridized carbons (Fsp3) is 0.583. The Morgan fingerprint density at radius 1 is 1.63 bits per heavy atom. The third kappa shape index (κ3) is 3.79. The molecule has 1 aliphatic rings. The largest absolute Gasteiger partial charge is 0.341 e. The van der Waals surface area contributed by atoms with E-state index in [9.17, 15) is 9.59 Å². The van der Waals surface area contributed by atoms with Crippen LogP contribution in [0.25, 0.3) is 0 Å². The highest BCUT2D eigenvalue weighted by Gasteiger charge is 2.29. The van der Waals surface area contributed by atoms with Gasteiger partial charge in [-0.3, -0.25) is 9.48 Å². The van der Waals surface area contributed by atoms with E-state index in [1.165, 1.54) is 12.8 Å². The molecule has 1 aromatic heterocycles. The Morgan fingerprint density at radius 3 is 2.95 bits per heavy atom. The highest BCUT2D eigenvalue weighted by atomic mass is 79.9. The second kappa shape index (κ2) is 6.70. The molecule has 19 heavy (non-hydrogen) atoms. The molecule has 1 heterocycles. The second-order valence-electron chi connectivity index (χ2n) is 4.66. The number of halogens is 1. The van der Waals surface area contributed by atoms with Crippen LogP contribution < -0.4 is 5.48 Å². The number of hydrogen-bond acceptors (Lipinski definition) is 4. The summed E-state index contributed by atoms with van der Waals surface area (Å²) < 4.78 is 2.69. The van der Waals surface area contributed by atoms with Gasteiger partial charge in [0.05, 0.1) is 23.1 Å². The molecule has 0 unspecified atom stereocenters. The fourth-order valence-corrected chi connectivity index (χ4v) is 2.92. The van der Waals surface area contributed by atoms with E-state index in [-0.39, 0.29) is 12.5 Å². The lowest BCUT2D eigenvalue weighted by molar-refractivity contribution is -0.155. The highest BCUT2D eigenvalue weighted by molar-refractivity contribution is 9.10. The lowest BCUT2D eigenvalue weighted by Gasteiger charge is -2.22. The molecule has 1 aliphatic carbocycles. The van der Waals surface area contributed by atoms with Gasteiger partial charge in [0.25, 0.3) is 0 Å². The Hall–Kier alpha value is -1.37. The first-order valence-electron chi connectivity index (χ1n) is 6.29. The summed E-state index contributed by atoms with van der Waals surface area (Å²) in [4.78, 5) is 26.4. The van der Waals surface area contributed by atoms with E-state index in [1.807, 2.05) is 16.4 Å². The first-order chi connectivity index (χ1) is 9.20. The molecule has 1 atom stereocenters. The van der Waals surface area contributed by atoms with Gasteiger partial charge in [0, 0.05) is 6.20 Å². The van der Waals surface area contributed by atoms with Crippen molar-refractivity contribution in [3.05, 3.63) is 16.9 Å². The molecule has 0 aromatic carbocycles. The zero-order valence-corrected chi connectivity index (χ0v) is 12.0. The minimum absolute atomic E-state index is 0.0187. The number of hydrogen-bond donors (Lipinski definition) is 1. The van der Waals surface area contributed by atoms with Crippen molar-refractivity contribution in [2.75, 3.05) is 0 Å². The Morgan fingerprint density at radius 2 is 2.37 bits per heavy atom. The zero-order chi connectivity index (χ0) is 13.7. The molecule has 2 rings (SSSR count). The molecule has 104 valence electrons. The van der Waals surface area contributed by atoms with Gasteiger partial charge in [-0.2, -0.15) is 10.6 Å². The number of carbonyl (C=O) groups is 2. The third-order valence-electron chi connectivity index (χ3n) is 3.45. The molecule has 0 aliphatic heterocycles. The topological polar surface area (TPSA) is 73.2 Å². The zero-order valence-electron chi connectivity index (χ0n) is 10.4. The second-order valence-corrected chi connectivity index (χ2v) is 5.58. The number of carbonyl (C=O) groups excluding carboxylic acids is 2. The van der Waals surface area contributed by atoms with Crippen LogP contribution in [0.2, 0.25) is 0 Å². The smallest absolute Gasteiger partial charge is 0.334 e. The Labute approximate surface area is 119 Å². The molecule has 7 heteroatoms. The predicted molar refractivity (Wildman–Crippen MR) is 70.8 cm³/mol. The van der Waals surface area contributed by atoms with E-state index in [0.717, 1.165) is 17.3 Å². The summed E-state index contributed by atoms with van der Waals surface area (Å²) in [5.41, 5.74) is 1.93. The molecule has 1 N–H and O–H groups in total. The molecule has 0 saturated heterocycles. The van der Waals surface area contributed by atoms with Gasteiger partial charge in [-0.05, 0) is 34.7 Å². The maximum Gasteiger partial charge on any atom is 0.334 e. The number of nitrogens with one attached hydrogen (secondary N) is 1. The van der Waals surface area contributed by atoms with Crippen LogP contribution in [0.15, 0.2) is 16.9 Å². The van der Waals surface area contributed by atoms with E-state index in [1.54, 1.807) is 6.20 Å². The fourth-order valence-electron chi connectivity index (χ4n) is 2.62. The molecular weight excluding hydrogens is 314 g/mol. The van der Waals surface area contributed by atoms with Crippen molar-refractivity contribution in [3.8, 4) is 0 Å². The normalized spacial score (nSPS) is 17.1. The van der Waals surface area contributed by atoms with Crippen LogP contribution in [0.3, 0.4) is 0 Å². The molecule has 1 saturated carbocycles. The van der Waals surface area contributed by atoms with Crippen LogP contribution in [0.4, 0.5) is 0 Å². The molecule has 1 aromatic rings. The van der Waals surface area contributed by atoms with Crippen molar-refractivity contribution >= 4 is 28.3 Å². The third-order valence-corrected chi connectivity index (χ3v) is 3.86. The van der Waals surface area contributed by atoms with E-state index in [2.05, 4.69) is 25.9 Å². The number of aromatic nitrogens is 2. The van der Waals surface area contributed by atoms with Crippen LogP contribution in [-0.2, 0) is 14.4 Å². The first kappa shape index (κ1) is 14.0. The lowest BCUT2D eigenvalue weighted by Crippen LogP contribution is -2.25. The predicted octanol–water partition coefficient (Wildman–Crippen LogP) is 1.97. The Bertz CT molecular complexity index is 443. The standard InChI is InChI=1S/C12H16BrN3O3/c13-10-6-14-16(7-10)11(9-3-1-2-4-9)5-12(18)19-15-8-17/h6-9,11H,1-5H2,(H,15,17)/t11-/m1/s1. The quantitative estimate of drug-likeness (QED) is 0.639. The molecule has 0 radical (unpaired) electrons. The van der Waals surface area contributed by atoms with E-state index in [0.29, 0.717) is 12.3 Å². The van der Waals surface area contributed by atoms with Gasteiger partial charge in [0.15, 0.2) is 0 Å². The monoisotopic (exact) mass is 329 g/mol. The summed E-state index contributed by atoms with van der Waals surface area (Å²) in [6.07, 6.45) is 8.68. The van der Waals surface area contributed by atoms with Crippen LogP contribution >= 0.6 is 15.9 Å². The molecule has 0 bridgehead atoms. The molecule has 1 amide bonds. The van der Waals surface area contributed by atoms with Crippen molar-refractivity contribution in [2.24, 2.45) is 5.92 Å². The minimum atomic E-state index is -0.448. The van der Waals surface area contributed by atoms with Crippen LogP contribution in [0.5, 0.6) is 0 Å². The van der Waals surface area contributed by atoms with Crippen LogP contribution in [0, 0.1) is 5.92 Å². The van der Waals surface area contributed by atoms with E-state index >= 15 is 0 Å². The maximum atomic E-state index is 11.7. The van der Waals surface area contributed by atoms with Crippen molar-refractivity contribution in [2.45, 2.75) is 38.1 Å². The minimum Gasteiger partial charge on any atom is -0.341 e. The first-order valence-corrected chi connectivity index (χ1v) is 7.08. The van der Waals surface area contributed by atoms with Crippen molar-refractivity contribution in [1.29, 1.82) is 0 Å². The van der Waals surface area contributed by atoms with Gasteiger partial charge in [-0.25, -0.2) is 4.79 Å². The average molecular weight is 330 g/mol. The van der Waals surface area contributed by atoms with Gasteiger partial charge in [0.2, 0.25) is 6.41 Å².